The molecule has 0 fully saturated rings. The van der Waals surface area contributed by atoms with Crippen LogP contribution in [0.2, 0.25) is 0 Å². The molecule has 0 aliphatic rings. The molecule has 0 aromatic heterocycles. The summed E-state index contributed by atoms with van der Waals surface area (Å²) in [6, 6.07) is 6.74. The minimum atomic E-state index is -1.00. The summed E-state index contributed by atoms with van der Waals surface area (Å²) in [5.74, 6) is -1.00. The van der Waals surface area contributed by atoms with Crippen molar-refractivity contribution in [1.82, 2.24) is 5.32 Å². The van der Waals surface area contributed by atoms with Crippen LogP contribution in [0.25, 0.3) is 0 Å². The lowest BCUT2D eigenvalue weighted by atomic mass is 10.0. The molecule has 5 heteroatoms. The van der Waals surface area contributed by atoms with Gasteiger partial charge in [0, 0.05) is 16.4 Å². The largest absolute Gasteiger partial charge is 0.480 e. The van der Waals surface area contributed by atoms with Crippen molar-refractivity contribution >= 4 is 34.5 Å². The number of nitrogens with one attached hydrogen (secondary N) is 1. The first-order valence-corrected chi connectivity index (χ1v) is 7.23. The van der Waals surface area contributed by atoms with Crippen LogP contribution in [0.15, 0.2) is 24.3 Å². The summed E-state index contributed by atoms with van der Waals surface area (Å²) in [4.78, 5) is 22.8. The van der Waals surface area contributed by atoms with Gasteiger partial charge in [-0.3, -0.25) is 4.79 Å². The van der Waals surface area contributed by atoms with E-state index in [9.17, 15) is 9.59 Å². The van der Waals surface area contributed by atoms with Gasteiger partial charge < -0.3 is 10.4 Å². The standard InChI is InChI=1S/C14H18INO3/c1-9(2)7-13(17)16-12(14(18)19)8-10-3-5-11(15)6-4-10/h3-6,9,12H,7-8H2,1-2H3,(H,16,17)(H,18,19)/t12-/m1/s1. The van der Waals surface area contributed by atoms with Crippen molar-refractivity contribution in [3.8, 4) is 0 Å². The molecule has 19 heavy (non-hydrogen) atoms. The molecule has 0 saturated carbocycles. The second-order valence-corrected chi connectivity index (χ2v) is 6.13. The lowest BCUT2D eigenvalue weighted by molar-refractivity contribution is -0.141. The lowest BCUT2D eigenvalue weighted by Crippen LogP contribution is -2.42. The van der Waals surface area contributed by atoms with Crippen molar-refractivity contribution in [3.05, 3.63) is 33.4 Å². The molecule has 1 rings (SSSR count). The van der Waals surface area contributed by atoms with E-state index in [4.69, 9.17) is 5.11 Å². The monoisotopic (exact) mass is 375 g/mol. The molecule has 0 saturated heterocycles. The van der Waals surface area contributed by atoms with E-state index in [0.717, 1.165) is 9.13 Å². The van der Waals surface area contributed by atoms with Crippen LogP contribution in [0.1, 0.15) is 25.8 Å². The number of carboxylic acid groups (broad SMARTS) is 1. The number of carbonyl (C=O) groups excluding carboxylic acids is 1. The summed E-state index contributed by atoms with van der Waals surface area (Å²) in [7, 11) is 0. The molecule has 4 nitrogen and oxygen atoms in total. The molecular weight excluding hydrogens is 357 g/mol. The van der Waals surface area contributed by atoms with Crippen LogP contribution in [-0.4, -0.2) is 23.0 Å². The summed E-state index contributed by atoms with van der Waals surface area (Å²) < 4.78 is 1.09. The van der Waals surface area contributed by atoms with E-state index < -0.39 is 12.0 Å². The number of benzene rings is 1. The Balaban J connectivity index is 2.65. The summed E-state index contributed by atoms with van der Waals surface area (Å²) in [6.45, 7) is 3.85. The molecule has 0 aliphatic heterocycles. The third-order valence-corrected chi connectivity index (χ3v) is 3.30. The van der Waals surface area contributed by atoms with Gasteiger partial charge in [-0.1, -0.05) is 26.0 Å². The molecule has 1 atom stereocenters. The Kier molecular flexibility index (Phi) is 6.27. The molecule has 1 amide bonds. The maximum Gasteiger partial charge on any atom is 0.326 e. The highest BCUT2D eigenvalue weighted by Crippen LogP contribution is 2.09. The summed E-state index contributed by atoms with van der Waals surface area (Å²) in [6.07, 6.45) is 0.645. The van der Waals surface area contributed by atoms with Crippen molar-refractivity contribution in [3.63, 3.8) is 0 Å². The van der Waals surface area contributed by atoms with Gasteiger partial charge in [0.1, 0.15) is 6.04 Å². The fourth-order valence-corrected chi connectivity index (χ4v) is 2.04. The summed E-state index contributed by atoms with van der Waals surface area (Å²) in [5, 5.41) is 11.7. The smallest absolute Gasteiger partial charge is 0.326 e. The van der Waals surface area contributed by atoms with Crippen molar-refractivity contribution in [1.29, 1.82) is 0 Å². The maximum absolute atomic E-state index is 11.6. The highest BCUT2D eigenvalue weighted by molar-refractivity contribution is 14.1. The normalized spacial score (nSPS) is 12.2. The van der Waals surface area contributed by atoms with Gasteiger partial charge in [-0.05, 0) is 46.2 Å². The van der Waals surface area contributed by atoms with E-state index in [-0.39, 0.29) is 11.8 Å². The number of amides is 1. The first-order chi connectivity index (χ1) is 8.88. The van der Waals surface area contributed by atoms with Crippen LogP contribution >= 0.6 is 22.6 Å². The predicted molar refractivity (Wildman–Crippen MR) is 81.9 cm³/mol. The molecule has 1 aromatic rings. The molecule has 1 aromatic carbocycles. The maximum atomic E-state index is 11.6. The van der Waals surface area contributed by atoms with Crippen LogP contribution < -0.4 is 5.32 Å². The fourth-order valence-electron chi connectivity index (χ4n) is 1.68. The second kappa shape index (κ2) is 7.47. The number of rotatable bonds is 6. The Morgan fingerprint density at radius 1 is 1.26 bits per heavy atom. The Bertz CT molecular complexity index is 443. The Morgan fingerprint density at radius 3 is 2.32 bits per heavy atom. The van der Waals surface area contributed by atoms with Crippen LogP contribution in [0.4, 0.5) is 0 Å². The van der Waals surface area contributed by atoms with Crippen molar-refractivity contribution < 1.29 is 14.7 Å². The number of carboxylic acids is 1. The molecule has 2 N–H and O–H groups in total. The van der Waals surface area contributed by atoms with Crippen molar-refractivity contribution in [2.45, 2.75) is 32.7 Å². The van der Waals surface area contributed by atoms with Crippen molar-refractivity contribution in [2.75, 3.05) is 0 Å². The molecule has 0 aliphatic carbocycles. The third-order valence-electron chi connectivity index (χ3n) is 2.58. The highest BCUT2D eigenvalue weighted by Gasteiger charge is 2.20. The van der Waals surface area contributed by atoms with E-state index in [1.807, 2.05) is 38.1 Å². The van der Waals surface area contributed by atoms with Crippen LogP contribution in [-0.2, 0) is 16.0 Å². The Morgan fingerprint density at radius 2 is 1.84 bits per heavy atom. The lowest BCUT2D eigenvalue weighted by Gasteiger charge is -2.15. The Labute approximate surface area is 126 Å². The minimum Gasteiger partial charge on any atom is -0.480 e. The van der Waals surface area contributed by atoms with Gasteiger partial charge in [-0.15, -0.1) is 0 Å². The van der Waals surface area contributed by atoms with E-state index in [1.165, 1.54) is 0 Å². The van der Waals surface area contributed by atoms with Gasteiger partial charge in [-0.25, -0.2) is 4.79 Å². The topological polar surface area (TPSA) is 66.4 Å². The van der Waals surface area contributed by atoms with Gasteiger partial charge in [0.15, 0.2) is 0 Å². The number of carbonyl (C=O) groups is 2. The molecule has 0 bridgehead atoms. The molecular formula is C14H18INO3. The average Bonchev–Trinajstić information content (AvgIpc) is 2.29. The molecule has 0 radical (unpaired) electrons. The van der Waals surface area contributed by atoms with Crippen LogP contribution in [0, 0.1) is 9.49 Å². The zero-order valence-electron chi connectivity index (χ0n) is 11.0. The summed E-state index contributed by atoms with van der Waals surface area (Å²) in [5.41, 5.74) is 0.901. The SMILES string of the molecule is CC(C)CC(=O)N[C@H](Cc1ccc(I)cc1)C(=O)O. The first kappa shape index (κ1) is 15.9. The number of hydrogen-bond acceptors (Lipinski definition) is 2. The minimum absolute atomic E-state index is 0.215. The third kappa shape index (κ3) is 6.04. The first-order valence-electron chi connectivity index (χ1n) is 6.15. The second-order valence-electron chi connectivity index (χ2n) is 4.89. The van der Waals surface area contributed by atoms with E-state index >= 15 is 0 Å². The van der Waals surface area contributed by atoms with E-state index in [1.54, 1.807) is 0 Å². The molecule has 0 heterocycles. The van der Waals surface area contributed by atoms with Gasteiger partial charge >= 0.3 is 5.97 Å². The van der Waals surface area contributed by atoms with Gasteiger partial charge in [0.05, 0.1) is 0 Å². The van der Waals surface area contributed by atoms with Gasteiger partial charge in [0.2, 0.25) is 5.91 Å². The molecule has 0 unspecified atom stereocenters. The number of hydrogen-bond donors (Lipinski definition) is 2. The highest BCUT2D eigenvalue weighted by atomic mass is 127. The van der Waals surface area contributed by atoms with E-state index in [2.05, 4.69) is 27.9 Å². The zero-order chi connectivity index (χ0) is 14.4. The van der Waals surface area contributed by atoms with Crippen LogP contribution in [0.5, 0.6) is 0 Å². The number of aliphatic carboxylic acids is 1. The quantitative estimate of drug-likeness (QED) is 0.751. The summed E-state index contributed by atoms with van der Waals surface area (Å²) >= 11 is 2.19. The fraction of sp³-hybridized carbons (Fsp3) is 0.429. The predicted octanol–water partition coefficient (Wildman–Crippen LogP) is 2.45. The Hall–Kier alpha value is -1.11. The molecule has 104 valence electrons. The van der Waals surface area contributed by atoms with E-state index in [0.29, 0.717) is 12.8 Å². The zero-order valence-corrected chi connectivity index (χ0v) is 13.2. The average molecular weight is 375 g/mol. The molecule has 0 spiro atoms. The van der Waals surface area contributed by atoms with Crippen molar-refractivity contribution in [2.24, 2.45) is 5.92 Å². The van der Waals surface area contributed by atoms with Gasteiger partial charge in [0.25, 0.3) is 0 Å². The number of halogens is 1. The van der Waals surface area contributed by atoms with Crippen LogP contribution in [0.3, 0.4) is 0 Å². The van der Waals surface area contributed by atoms with Gasteiger partial charge in [-0.2, -0.15) is 0 Å².